The molecule has 2 aromatic carbocycles. The average Bonchev–Trinajstić information content (AvgIpc) is 2.80. The topological polar surface area (TPSA) is 9.23 Å². The number of ether oxygens (including phenoxy) is 1. The van der Waals surface area contributed by atoms with E-state index in [1.54, 1.807) is 0 Å². The molecular weight excluding hydrogens is 364 g/mol. The van der Waals surface area contributed by atoms with E-state index in [0.717, 1.165) is 29.4 Å². The Morgan fingerprint density at radius 1 is 0.800 bits per heavy atom. The van der Waals surface area contributed by atoms with E-state index in [0.29, 0.717) is 6.61 Å². The Morgan fingerprint density at radius 2 is 1.53 bits per heavy atom. The highest BCUT2D eigenvalue weighted by molar-refractivity contribution is 5.28. The first kappa shape index (κ1) is 21.2. The predicted molar refractivity (Wildman–Crippen MR) is 127 cm³/mol. The summed E-state index contributed by atoms with van der Waals surface area (Å²) in [5, 5.41) is 0. The van der Waals surface area contributed by atoms with Crippen LogP contribution in [0.5, 0.6) is 5.75 Å². The van der Waals surface area contributed by atoms with Crippen molar-refractivity contribution < 1.29 is 4.74 Å². The van der Waals surface area contributed by atoms with Crippen LogP contribution in [-0.2, 0) is 6.61 Å². The Labute approximate surface area is 183 Å². The fourth-order valence-corrected chi connectivity index (χ4v) is 5.47. The summed E-state index contributed by atoms with van der Waals surface area (Å²) in [4.78, 5) is 0. The Morgan fingerprint density at radius 3 is 2.17 bits per heavy atom. The zero-order valence-corrected chi connectivity index (χ0v) is 18.9. The van der Waals surface area contributed by atoms with Crippen LogP contribution in [0.2, 0.25) is 0 Å². The second-order valence-electron chi connectivity index (χ2n) is 9.63. The third-order valence-electron chi connectivity index (χ3n) is 7.42. The van der Waals surface area contributed by atoms with Crippen molar-refractivity contribution in [2.24, 2.45) is 17.8 Å². The Hall–Kier alpha value is -2.02. The Bertz CT molecular complexity index is 793. The molecule has 0 spiro atoms. The second-order valence-corrected chi connectivity index (χ2v) is 9.63. The number of hydrogen-bond acceptors (Lipinski definition) is 1. The first-order valence-corrected chi connectivity index (χ1v) is 12.2. The molecule has 4 rings (SSSR count). The lowest BCUT2D eigenvalue weighted by molar-refractivity contribution is 0.239. The van der Waals surface area contributed by atoms with Gasteiger partial charge in [-0.15, -0.1) is 0 Å². The van der Waals surface area contributed by atoms with Gasteiger partial charge in [0.05, 0.1) is 0 Å². The molecule has 1 saturated carbocycles. The molecule has 2 atom stereocenters. The molecule has 0 saturated heterocycles. The molecule has 1 fully saturated rings. The summed E-state index contributed by atoms with van der Waals surface area (Å²) < 4.78 is 5.93. The van der Waals surface area contributed by atoms with E-state index in [2.05, 4.69) is 62.4 Å². The molecule has 0 aliphatic heterocycles. The molecule has 1 nitrogen and oxygen atoms in total. The summed E-state index contributed by atoms with van der Waals surface area (Å²) >= 11 is 0. The summed E-state index contributed by atoms with van der Waals surface area (Å²) in [5.41, 5.74) is 4.04. The molecule has 0 radical (unpaired) electrons. The molecule has 160 valence electrons. The highest BCUT2D eigenvalue weighted by atomic mass is 16.5. The zero-order chi connectivity index (χ0) is 20.8. The molecule has 0 heterocycles. The van der Waals surface area contributed by atoms with E-state index in [4.69, 9.17) is 4.74 Å². The van der Waals surface area contributed by atoms with Crippen LogP contribution in [0, 0.1) is 24.7 Å². The summed E-state index contributed by atoms with van der Waals surface area (Å²) in [5.74, 6) is 4.31. The van der Waals surface area contributed by atoms with Crippen molar-refractivity contribution in [3.63, 3.8) is 0 Å². The second kappa shape index (κ2) is 10.3. The van der Waals surface area contributed by atoms with Crippen molar-refractivity contribution in [1.82, 2.24) is 0 Å². The van der Waals surface area contributed by atoms with Crippen LogP contribution in [0.15, 0.2) is 60.7 Å². The van der Waals surface area contributed by atoms with Crippen LogP contribution in [0.25, 0.3) is 0 Å². The molecule has 2 unspecified atom stereocenters. The van der Waals surface area contributed by atoms with Gasteiger partial charge in [-0.05, 0) is 98.8 Å². The standard InChI is InChI=1S/C29H38O/c1-3-4-23-7-11-25(12-8-23)27-15-17-28(18-16-27)26-13-9-24(10-14-26)21-30-29-19-5-22(2)6-20-29/h5-7,9-11,13-14,19-20,23,25,27-28H,3-4,8,12,15-18,21H2,1-2H3. The molecule has 1 heteroatoms. The lowest BCUT2D eigenvalue weighted by Gasteiger charge is -2.35. The molecule has 0 amide bonds. The molecule has 2 aromatic rings. The van der Waals surface area contributed by atoms with Gasteiger partial charge in [0.25, 0.3) is 0 Å². The van der Waals surface area contributed by atoms with Crippen LogP contribution in [0.4, 0.5) is 0 Å². The fourth-order valence-electron chi connectivity index (χ4n) is 5.47. The Balaban J connectivity index is 1.25. The maximum absolute atomic E-state index is 5.93. The van der Waals surface area contributed by atoms with E-state index in [1.165, 1.54) is 68.1 Å². The van der Waals surface area contributed by atoms with Crippen LogP contribution < -0.4 is 4.74 Å². The van der Waals surface area contributed by atoms with Crippen molar-refractivity contribution in [1.29, 1.82) is 0 Å². The smallest absolute Gasteiger partial charge is 0.119 e. The van der Waals surface area contributed by atoms with Gasteiger partial charge >= 0.3 is 0 Å². The number of aryl methyl sites for hydroxylation is 1. The summed E-state index contributed by atoms with van der Waals surface area (Å²) in [7, 11) is 0. The van der Waals surface area contributed by atoms with Crippen LogP contribution in [-0.4, -0.2) is 0 Å². The molecule has 0 aromatic heterocycles. The van der Waals surface area contributed by atoms with Gasteiger partial charge < -0.3 is 4.74 Å². The number of rotatable bonds is 7. The first-order chi connectivity index (χ1) is 14.7. The minimum Gasteiger partial charge on any atom is -0.489 e. The third-order valence-corrected chi connectivity index (χ3v) is 7.42. The van der Waals surface area contributed by atoms with Crippen molar-refractivity contribution in [2.45, 2.75) is 77.7 Å². The van der Waals surface area contributed by atoms with Crippen LogP contribution >= 0.6 is 0 Å². The van der Waals surface area contributed by atoms with Gasteiger partial charge in [-0.1, -0.05) is 67.5 Å². The van der Waals surface area contributed by atoms with E-state index in [9.17, 15) is 0 Å². The highest BCUT2D eigenvalue weighted by Crippen LogP contribution is 2.42. The van der Waals surface area contributed by atoms with Crippen molar-refractivity contribution in [3.8, 4) is 5.75 Å². The summed E-state index contributed by atoms with van der Waals surface area (Å²) in [6.07, 6.45) is 16.2. The van der Waals surface area contributed by atoms with E-state index in [1.807, 2.05) is 12.1 Å². The molecular formula is C29H38O. The third kappa shape index (κ3) is 5.56. The van der Waals surface area contributed by atoms with Crippen LogP contribution in [0.3, 0.4) is 0 Å². The number of hydrogen-bond donors (Lipinski definition) is 0. The molecule has 0 bridgehead atoms. The maximum atomic E-state index is 5.93. The number of allylic oxidation sites excluding steroid dienone is 2. The molecule has 2 aliphatic rings. The Kier molecular flexibility index (Phi) is 7.31. The largest absolute Gasteiger partial charge is 0.489 e. The van der Waals surface area contributed by atoms with E-state index in [-0.39, 0.29) is 0 Å². The van der Waals surface area contributed by atoms with Crippen molar-refractivity contribution >= 4 is 0 Å². The summed E-state index contributed by atoms with van der Waals surface area (Å²) in [6, 6.07) is 17.5. The van der Waals surface area contributed by atoms with Gasteiger partial charge in [0.1, 0.15) is 12.4 Å². The SMILES string of the molecule is CCCC1C=CC(C2CCC(c3ccc(COc4ccc(C)cc4)cc3)CC2)CC1. The van der Waals surface area contributed by atoms with Gasteiger partial charge in [0.2, 0.25) is 0 Å². The van der Waals surface area contributed by atoms with Crippen LogP contribution in [0.1, 0.15) is 80.9 Å². The predicted octanol–water partition coefficient (Wildman–Crippen LogP) is 8.23. The summed E-state index contributed by atoms with van der Waals surface area (Å²) in [6.45, 7) is 5.05. The fraction of sp³-hybridized carbons (Fsp3) is 0.517. The monoisotopic (exact) mass is 402 g/mol. The van der Waals surface area contributed by atoms with Crippen molar-refractivity contribution in [2.75, 3.05) is 0 Å². The van der Waals surface area contributed by atoms with Gasteiger partial charge in [-0.25, -0.2) is 0 Å². The lowest BCUT2D eigenvalue weighted by Crippen LogP contribution is -2.22. The van der Waals surface area contributed by atoms with E-state index < -0.39 is 0 Å². The van der Waals surface area contributed by atoms with E-state index >= 15 is 0 Å². The van der Waals surface area contributed by atoms with Gasteiger partial charge in [0.15, 0.2) is 0 Å². The van der Waals surface area contributed by atoms with Gasteiger partial charge in [0, 0.05) is 0 Å². The molecule has 2 aliphatic carbocycles. The van der Waals surface area contributed by atoms with Gasteiger partial charge in [-0.3, -0.25) is 0 Å². The highest BCUT2D eigenvalue weighted by Gasteiger charge is 2.28. The number of benzene rings is 2. The van der Waals surface area contributed by atoms with Gasteiger partial charge in [-0.2, -0.15) is 0 Å². The quantitative estimate of drug-likeness (QED) is 0.424. The molecule has 0 N–H and O–H groups in total. The average molecular weight is 403 g/mol. The zero-order valence-electron chi connectivity index (χ0n) is 18.9. The minimum atomic E-state index is 0.642. The lowest BCUT2D eigenvalue weighted by atomic mass is 9.70. The minimum absolute atomic E-state index is 0.642. The first-order valence-electron chi connectivity index (χ1n) is 12.2. The normalized spacial score (nSPS) is 26.5. The van der Waals surface area contributed by atoms with Crippen molar-refractivity contribution in [3.05, 3.63) is 77.4 Å². The maximum Gasteiger partial charge on any atom is 0.119 e. The molecule has 30 heavy (non-hydrogen) atoms.